The van der Waals surface area contributed by atoms with E-state index < -0.39 is 5.60 Å². The molecule has 0 heterocycles. The van der Waals surface area contributed by atoms with E-state index in [-0.39, 0.29) is 22.9 Å². The number of hydrogen-bond donors (Lipinski definition) is 2. The number of aliphatic hydroxyl groups is 1. The van der Waals surface area contributed by atoms with E-state index in [1.165, 1.54) is 22.3 Å². The first kappa shape index (κ1) is 18.7. The number of allylic oxidation sites excluding steroid dienone is 4. The number of hydrogen-bond acceptors (Lipinski definition) is 3. The summed E-state index contributed by atoms with van der Waals surface area (Å²) >= 11 is 0. The Kier molecular flexibility index (Phi) is 4.09. The number of phenolic OH excluding ortho intramolecular Hbond substituents is 1. The topological polar surface area (TPSA) is 57.5 Å². The van der Waals surface area contributed by atoms with Gasteiger partial charge in [0.25, 0.3) is 0 Å². The molecule has 0 spiro atoms. The van der Waals surface area contributed by atoms with Gasteiger partial charge in [0, 0.05) is 17.8 Å². The number of ketones is 1. The average Bonchev–Trinajstić information content (AvgIpc) is 2.99. The predicted molar refractivity (Wildman–Crippen MR) is 112 cm³/mol. The van der Waals surface area contributed by atoms with Gasteiger partial charge in [-0.25, -0.2) is 0 Å². The molecule has 1 aromatic rings. The highest BCUT2D eigenvalue weighted by molar-refractivity contribution is 5.93. The van der Waals surface area contributed by atoms with Crippen molar-refractivity contribution in [3.8, 4) is 18.1 Å². The van der Waals surface area contributed by atoms with Gasteiger partial charge in [-0.1, -0.05) is 30.6 Å². The van der Waals surface area contributed by atoms with Gasteiger partial charge in [0.2, 0.25) is 0 Å². The molecule has 2 saturated carbocycles. The van der Waals surface area contributed by atoms with E-state index in [1.807, 2.05) is 18.2 Å². The molecule has 0 amide bonds. The van der Waals surface area contributed by atoms with Gasteiger partial charge in [-0.3, -0.25) is 4.79 Å². The van der Waals surface area contributed by atoms with Gasteiger partial charge in [0.05, 0.1) is 0 Å². The zero-order valence-electron chi connectivity index (χ0n) is 16.9. The molecule has 29 heavy (non-hydrogen) atoms. The van der Waals surface area contributed by atoms with Crippen LogP contribution in [-0.2, 0) is 4.79 Å². The van der Waals surface area contributed by atoms with Crippen LogP contribution in [0.15, 0.2) is 47.1 Å². The molecule has 4 aliphatic rings. The first-order chi connectivity index (χ1) is 13.9. The van der Waals surface area contributed by atoms with Gasteiger partial charge in [-0.05, 0) is 85.3 Å². The summed E-state index contributed by atoms with van der Waals surface area (Å²) in [5.74, 6) is 4.20. The fourth-order valence-corrected chi connectivity index (χ4v) is 6.91. The van der Waals surface area contributed by atoms with Crippen LogP contribution in [0.4, 0.5) is 0 Å². The summed E-state index contributed by atoms with van der Waals surface area (Å²) in [4.78, 5) is 12.0. The highest BCUT2D eigenvalue weighted by Crippen LogP contribution is 2.66. The number of carbonyl (C=O) groups is 1. The molecular formula is C26H28O3. The minimum absolute atomic E-state index is 0.159. The molecule has 0 aliphatic heterocycles. The summed E-state index contributed by atoms with van der Waals surface area (Å²) in [6.45, 7) is 2.19. The van der Waals surface area contributed by atoms with Crippen molar-refractivity contribution >= 4 is 5.78 Å². The normalized spacial score (nSPS) is 38.6. The van der Waals surface area contributed by atoms with Crippen molar-refractivity contribution in [3.63, 3.8) is 0 Å². The Labute approximate surface area is 172 Å². The minimum atomic E-state index is -1.07. The fourth-order valence-electron chi connectivity index (χ4n) is 6.91. The molecule has 150 valence electrons. The molecule has 2 N–H and O–H groups in total. The molecule has 1 aromatic carbocycles. The molecule has 0 aromatic heterocycles. The Balaban J connectivity index is 1.70. The van der Waals surface area contributed by atoms with E-state index in [2.05, 4.69) is 12.8 Å². The van der Waals surface area contributed by atoms with Crippen LogP contribution in [0.2, 0.25) is 0 Å². The van der Waals surface area contributed by atoms with Gasteiger partial charge in [0.1, 0.15) is 11.4 Å². The lowest BCUT2D eigenvalue weighted by molar-refractivity contribution is -0.114. The molecule has 3 heteroatoms. The number of benzene rings is 1. The summed E-state index contributed by atoms with van der Waals surface area (Å²) in [5, 5.41) is 21.2. The van der Waals surface area contributed by atoms with Gasteiger partial charge in [-0.15, -0.1) is 6.42 Å². The quantitative estimate of drug-likeness (QED) is 0.688. The molecule has 0 unspecified atom stereocenters. The van der Waals surface area contributed by atoms with Crippen LogP contribution in [0.3, 0.4) is 0 Å². The second-order valence-corrected chi connectivity index (χ2v) is 9.63. The van der Waals surface area contributed by atoms with Crippen LogP contribution in [0.25, 0.3) is 0 Å². The first-order valence-corrected chi connectivity index (χ1v) is 10.8. The molecule has 5 atom stereocenters. The summed E-state index contributed by atoms with van der Waals surface area (Å²) < 4.78 is 0. The molecule has 2 fully saturated rings. The van der Waals surface area contributed by atoms with Crippen LogP contribution in [0.1, 0.15) is 63.4 Å². The SMILES string of the molecule is C#C[C@]1(O)CC[C@H]2[C@@H]3CCC4=CC(=O)CCC4=C3[C@@H](c3ccc(O)cc3)C[C@@]21C. The monoisotopic (exact) mass is 388 g/mol. The Hall–Kier alpha value is -2.31. The van der Waals surface area contributed by atoms with Gasteiger partial charge >= 0.3 is 0 Å². The minimum Gasteiger partial charge on any atom is -0.508 e. The second-order valence-electron chi connectivity index (χ2n) is 9.63. The summed E-state index contributed by atoms with van der Waals surface area (Å²) in [6.07, 6.45) is 13.5. The Bertz CT molecular complexity index is 976. The van der Waals surface area contributed by atoms with Gasteiger partial charge < -0.3 is 10.2 Å². The Morgan fingerprint density at radius 3 is 2.62 bits per heavy atom. The summed E-state index contributed by atoms with van der Waals surface area (Å²) in [6, 6.07) is 7.50. The van der Waals surface area contributed by atoms with Gasteiger partial charge in [-0.2, -0.15) is 0 Å². The lowest BCUT2D eigenvalue weighted by Crippen LogP contribution is -2.50. The van der Waals surface area contributed by atoms with Crippen molar-refractivity contribution in [2.24, 2.45) is 17.3 Å². The third-order valence-electron chi connectivity index (χ3n) is 8.42. The number of terminal acetylenes is 1. The highest BCUT2D eigenvalue weighted by Gasteiger charge is 2.62. The lowest BCUT2D eigenvalue weighted by Gasteiger charge is -2.53. The van der Waals surface area contributed by atoms with Crippen molar-refractivity contribution in [3.05, 3.63) is 52.6 Å². The van der Waals surface area contributed by atoms with Crippen molar-refractivity contribution in [2.75, 3.05) is 0 Å². The largest absolute Gasteiger partial charge is 0.508 e. The van der Waals surface area contributed by atoms with E-state index in [1.54, 1.807) is 12.1 Å². The van der Waals surface area contributed by atoms with Crippen molar-refractivity contribution in [1.82, 2.24) is 0 Å². The molecule has 3 nitrogen and oxygen atoms in total. The first-order valence-electron chi connectivity index (χ1n) is 10.8. The maximum atomic E-state index is 12.0. The smallest absolute Gasteiger partial charge is 0.156 e. The number of aromatic hydroxyl groups is 1. The lowest BCUT2D eigenvalue weighted by atomic mass is 9.51. The van der Waals surface area contributed by atoms with E-state index in [4.69, 9.17) is 6.42 Å². The number of carbonyl (C=O) groups excluding carboxylic acids is 1. The maximum absolute atomic E-state index is 12.0. The zero-order valence-corrected chi connectivity index (χ0v) is 16.9. The molecule has 4 aliphatic carbocycles. The van der Waals surface area contributed by atoms with Crippen molar-refractivity contribution in [1.29, 1.82) is 0 Å². The molecule has 0 saturated heterocycles. The van der Waals surface area contributed by atoms with E-state index in [0.717, 1.165) is 32.1 Å². The third-order valence-corrected chi connectivity index (χ3v) is 8.42. The summed E-state index contributed by atoms with van der Waals surface area (Å²) in [5.41, 5.74) is 3.86. The van der Waals surface area contributed by atoms with Crippen LogP contribution >= 0.6 is 0 Å². The Morgan fingerprint density at radius 2 is 1.90 bits per heavy atom. The van der Waals surface area contributed by atoms with Crippen LogP contribution in [0.5, 0.6) is 5.75 Å². The Morgan fingerprint density at radius 1 is 1.14 bits per heavy atom. The molecule has 5 rings (SSSR count). The van der Waals surface area contributed by atoms with Crippen LogP contribution in [-0.4, -0.2) is 21.6 Å². The molecule has 0 radical (unpaired) electrons. The van der Waals surface area contributed by atoms with Crippen molar-refractivity contribution in [2.45, 2.75) is 63.4 Å². The number of fused-ring (bicyclic) bond motifs is 4. The average molecular weight is 389 g/mol. The molecular weight excluding hydrogens is 360 g/mol. The predicted octanol–water partition coefficient (Wildman–Crippen LogP) is 4.66. The van der Waals surface area contributed by atoms with Crippen LogP contribution < -0.4 is 0 Å². The number of rotatable bonds is 1. The van der Waals surface area contributed by atoms with Crippen LogP contribution in [0, 0.1) is 29.6 Å². The second kappa shape index (κ2) is 6.34. The van der Waals surface area contributed by atoms with E-state index in [9.17, 15) is 15.0 Å². The van der Waals surface area contributed by atoms with Crippen molar-refractivity contribution < 1.29 is 15.0 Å². The molecule has 0 bridgehead atoms. The highest BCUT2D eigenvalue weighted by atomic mass is 16.3. The van der Waals surface area contributed by atoms with E-state index in [0.29, 0.717) is 24.7 Å². The standard InChI is InChI=1S/C26H28O3/c1-3-26(29)13-12-23-21-10-6-17-14-19(28)9-11-20(17)24(21)22(15-25(23,26)2)16-4-7-18(27)8-5-16/h1,4-5,7-8,14,21-23,27,29H,6,9-13,15H2,2H3/t21-,22+,23-,25-,26-/m0/s1. The maximum Gasteiger partial charge on any atom is 0.156 e. The van der Waals surface area contributed by atoms with E-state index >= 15 is 0 Å². The number of phenols is 1. The van der Waals surface area contributed by atoms with Gasteiger partial charge in [0.15, 0.2) is 5.78 Å². The fraction of sp³-hybridized carbons (Fsp3) is 0.500. The summed E-state index contributed by atoms with van der Waals surface area (Å²) in [7, 11) is 0. The third kappa shape index (κ3) is 2.58. The zero-order chi connectivity index (χ0) is 20.4.